The lowest BCUT2D eigenvalue weighted by Gasteiger charge is -2.33. The van der Waals surface area contributed by atoms with Gasteiger partial charge in [0.2, 0.25) is 6.41 Å². The largest absolute Gasteiger partial charge is 0.418 e. The molecule has 0 bridgehead atoms. The fourth-order valence-corrected chi connectivity index (χ4v) is 2.81. The highest BCUT2D eigenvalue weighted by molar-refractivity contribution is 6.30. The molecular formula is C16H15ClF3N5O. The van der Waals surface area contributed by atoms with Crippen molar-refractivity contribution in [1.82, 2.24) is 14.9 Å². The van der Waals surface area contributed by atoms with Gasteiger partial charge in [-0.25, -0.2) is 9.97 Å². The van der Waals surface area contributed by atoms with Crippen LogP contribution in [-0.2, 0) is 11.0 Å². The van der Waals surface area contributed by atoms with Gasteiger partial charge in [-0.15, -0.1) is 0 Å². The molecule has 0 saturated carbocycles. The van der Waals surface area contributed by atoms with Crippen molar-refractivity contribution >= 4 is 35.3 Å². The molecule has 1 aliphatic heterocycles. The number of aromatic nitrogens is 2. The summed E-state index contributed by atoms with van der Waals surface area (Å²) >= 11 is 5.69. The number of piperazine rings is 1. The SMILES string of the molecule is O=CN1CCN(c2cc(Nc3ccc(Cl)cc3C(F)(F)F)ncn2)CC1. The standard InChI is InChI=1S/C16H15ClF3N5O/c17-11-1-2-13(12(7-11)16(18,19)20)23-14-8-15(22-9-21-14)25-5-3-24(10-26)4-6-25/h1-2,7-10H,3-6H2,(H,21,22,23). The van der Waals surface area contributed by atoms with Crippen molar-refractivity contribution < 1.29 is 18.0 Å². The van der Waals surface area contributed by atoms with Crippen LogP contribution in [0.15, 0.2) is 30.6 Å². The molecule has 2 heterocycles. The van der Waals surface area contributed by atoms with Crippen molar-refractivity contribution in [1.29, 1.82) is 0 Å². The number of nitrogens with one attached hydrogen (secondary N) is 1. The molecule has 1 aromatic carbocycles. The van der Waals surface area contributed by atoms with Crippen LogP contribution in [0.25, 0.3) is 0 Å². The summed E-state index contributed by atoms with van der Waals surface area (Å²) in [4.78, 5) is 22.5. The van der Waals surface area contributed by atoms with E-state index in [-0.39, 0.29) is 16.5 Å². The fraction of sp³-hybridized carbons (Fsp3) is 0.312. The van der Waals surface area contributed by atoms with E-state index in [9.17, 15) is 18.0 Å². The molecule has 0 radical (unpaired) electrons. The van der Waals surface area contributed by atoms with E-state index in [1.807, 2.05) is 4.90 Å². The summed E-state index contributed by atoms with van der Waals surface area (Å²) in [5.74, 6) is 0.816. The predicted molar refractivity (Wildman–Crippen MR) is 91.6 cm³/mol. The van der Waals surface area contributed by atoms with Crippen LogP contribution >= 0.6 is 11.6 Å². The van der Waals surface area contributed by atoms with Gasteiger partial charge in [0, 0.05) is 37.3 Å². The summed E-state index contributed by atoms with van der Waals surface area (Å²) in [7, 11) is 0. The molecule has 6 nitrogen and oxygen atoms in total. The molecule has 0 unspecified atom stereocenters. The second kappa shape index (κ2) is 7.36. The van der Waals surface area contributed by atoms with E-state index >= 15 is 0 Å². The molecule has 0 spiro atoms. The zero-order chi connectivity index (χ0) is 18.7. The first-order valence-corrected chi connectivity index (χ1v) is 8.15. The summed E-state index contributed by atoms with van der Waals surface area (Å²) < 4.78 is 39.6. The zero-order valence-corrected chi connectivity index (χ0v) is 14.3. The molecule has 0 atom stereocenters. The number of benzene rings is 1. The molecule has 0 aliphatic carbocycles. The molecule has 26 heavy (non-hydrogen) atoms. The van der Waals surface area contributed by atoms with Crippen molar-refractivity contribution in [2.24, 2.45) is 0 Å². The second-order valence-electron chi connectivity index (χ2n) is 5.70. The summed E-state index contributed by atoms with van der Waals surface area (Å²) in [6, 6.07) is 5.08. The molecule has 1 N–H and O–H groups in total. The van der Waals surface area contributed by atoms with Gasteiger partial charge >= 0.3 is 6.18 Å². The number of halogens is 4. The minimum atomic E-state index is -4.55. The molecule has 10 heteroatoms. The number of hydrogen-bond acceptors (Lipinski definition) is 5. The first-order chi connectivity index (χ1) is 12.4. The van der Waals surface area contributed by atoms with Crippen LogP contribution in [0.4, 0.5) is 30.5 Å². The molecule has 1 amide bonds. The second-order valence-corrected chi connectivity index (χ2v) is 6.14. The fourth-order valence-electron chi connectivity index (χ4n) is 2.64. The quantitative estimate of drug-likeness (QED) is 0.819. The average molecular weight is 386 g/mol. The topological polar surface area (TPSA) is 61.4 Å². The van der Waals surface area contributed by atoms with Crippen LogP contribution < -0.4 is 10.2 Å². The Hall–Kier alpha value is -2.55. The van der Waals surface area contributed by atoms with E-state index in [2.05, 4.69) is 15.3 Å². The van der Waals surface area contributed by atoms with Gasteiger partial charge in [-0.1, -0.05) is 11.6 Å². The number of carbonyl (C=O) groups excluding carboxylic acids is 1. The summed E-state index contributed by atoms with van der Waals surface area (Å²) in [5.41, 5.74) is -1.01. The summed E-state index contributed by atoms with van der Waals surface area (Å²) in [6.07, 6.45) is -2.47. The average Bonchev–Trinajstić information content (AvgIpc) is 2.63. The van der Waals surface area contributed by atoms with E-state index in [0.29, 0.717) is 32.0 Å². The Labute approximate surface area is 152 Å². The molecule has 138 valence electrons. The maximum absolute atomic E-state index is 13.2. The Morgan fingerprint density at radius 1 is 1.12 bits per heavy atom. The highest BCUT2D eigenvalue weighted by Gasteiger charge is 2.34. The van der Waals surface area contributed by atoms with Crippen molar-refractivity contribution in [3.05, 3.63) is 41.2 Å². The number of carbonyl (C=O) groups is 1. The number of anilines is 3. The Morgan fingerprint density at radius 3 is 2.50 bits per heavy atom. The Kier molecular flexibility index (Phi) is 5.17. The minimum Gasteiger partial charge on any atom is -0.353 e. The third kappa shape index (κ3) is 4.16. The van der Waals surface area contributed by atoms with Gasteiger partial charge in [0.1, 0.15) is 18.0 Å². The first kappa shape index (κ1) is 18.2. The molecular weight excluding hydrogens is 371 g/mol. The van der Waals surface area contributed by atoms with Crippen molar-refractivity contribution in [3.8, 4) is 0 Å². The molecule has 1 aliphatic rings. The van der Waals surface area contributed by atoms with Crippen LogP contribution in [0.3, 0.4) is 0 Å². The maximum atomic E-state index is 13.2. The van der Waals surface area contributed by atoms with Gasteiger partial charge < -0.3 is 15.1 Å². The Balaban J connectivity index is 1.81. The maximum Gasteiger partial charge on any atom is 0.418 e. The number of hydrogen-bond donors (Lipinski definition) is 1. The third-order valence-electron chi connectivity index (χ3n) is 3.99. The third-order valence-corrected chi connectivity index (χ3v) is 4.22. The number of alkyl halides is 3. The van der Waals surface area contributed by atoms with E-state index < -0.39 is 11.7 Å². The van der Waals surface area contributed by atoms with Crippen LogP contribution in [0.5, 0.6) is 0 Å². The number of amides is 1. The summed E-state index contributed by atoms with van der Waals surface area (Å²) in [5, 5.41) is 2.68. The predicted octanol–water partition coefficient (Wildman–Crippen LogP) is 3.17. The van der Waals surface area contributed by atoms with Crippen LogP contribution in [-0.4, -0.2) is 47.5 Å². The van der Waals surface area contributed by atoms with Gasteiger partial charge in [-0.05, 0) is 18.2 Å². The van der Waals surface area contributed by atoms with E-state index in [0.717, 1.165) is 12.5 Å². The number of nitrogens with zero attached hydrogens (tertiary/aromatic N) is 4. The minimum absolute atomic E-state index is 0.000648. The number of rotatable bonds is 4. The van der Waals surface area contributed by atoms with E-state index in [1.165, 1.54) is 18.5 Å². The van der Waals surface area contributed by atoms with Gasteiger partial charge in [0.05, 0.1) is 11.3 Å². The van der Waals surface area contributed by atoms with Crippen molar-refractivity contribution in [2.45, 2.75) is 6.18 Å². The van der Waals surface area contributed by atoms with E-state index in [1.54, 1.807) is 11.0 Å². The van der Waals surface area contributed by atoms with Crippen LogP contribution in [0.1, 0.15) is 5.56 Å². The van der Waals surface area contributed by atoms with Gasteiger partial charge in [0.15, 0.2) is 0 Å². The molecule has 1 aromatic heterocycles. The molecule has 1 saturated heterocycles. The van der Waals surface area contributed by atoms with Crippen molar-refractivity contribution in [2.75, 3.05) is 36.4 Å². The lowest BCUT2D eigenvalue weighted by Crippen LogP contribution is -2.46. The molecule has 3 rings (SSSR count). The smallest absolute Gasteiger partial charge is 0.353 e. The Morgan fingerprint density at radius 2 is 1.85 bits per heavy atom. The van der Waals surface area contributed by atoms with Crippen LogP contribution in [0.2, 0.25) is 5.02 Å². The van der Waals surface area contributed by atoms with Crippen LogP contribution in [0, 0.1) is 0 Å². The van der Waals surface area contributed by atoms with Gasteiger partial charge in [-0.3, -0.25) is 4.79 Å². The monoisotopic (exact) mass is 385 g/mol. The highest BCUT2D eigenvalue weighted by atomic mass is 35.5. The summed E-state index contributed by atoms with van der Waals surface area (Å²) in [6.45, 7) is 2.30. The normalized spacial score (nSPS) is 15.1. The zero-order valence-electron chi connectivity index (χ0n) is 13.5. The van der Waals surface area contributed by atoms with Gasteiger partial charge in [0.25, 0.3) is 0 Å². The van der Waals surface area contributed by atoms with Crippen molar-refractivity contribution in [3.63, 3.8) is 0 Å². The lowest BCUT2D eigenvalue weighted by atomic mass is 10.1. The molecule has 2 aromatic rings. The van der Waals surface area contributed by atoms with E-state index in [4.69, 9.17) is 11.6 Å². The van der Waals surface area contributed by atoms with Gasteiger partial charge in [-0.2, -0.15) is 13.2 Å². The first-order valence-electron chi connectivity index (χ1n) is 7.77. The Bertz CT molecular complexity index is 794. The lowest BCUT2D eigenvalue weighted by molar-refractivity contribution is -0.136. The molecule has 1 fully saturated rings. The highest BCUT2D eigenvalue weighted by Crippen LogP contribution is 2.37.